The largest absolute Gasteiger partial charge is 0.323 e. The number of carbonyl (C=O) groups excluding carboxylic acids is 1. The first-order valence-corrected chi connectivity index (χ1v) is 12.1. The molecule has 0 aliphatic carbocycles. The standard InChI is InChI=1S/C21H35N5O3S/c1-17-7-8-20(18(2)15-17)22-21(27)25-12-9-19(16-25)26(30(28,29)23(3)4)14-13-24-10-5-6-11-24/h7-8,15,19H,5-6,9-14,16H2,1-4H3,(H,22,27)/t19-/m0/s1. The summed E-state index contributed by atoms with van der Waals surface area (Å²) < 4.78 is 28.8. The first-order valence-electron chi connectivity index (χ1n) is 10.7. The SMILES string of the molecule is Cc1ccc(NC(=O)N2CC[C@H](N(CCN3CCCC3)S(=O)(=O)N(C)C)C2)c(C)c1. The summed E-state index contributed by atoms with van der Waals surface area (Å²) in [4.78, 5) is 16.8. The summed E-state index contributed by atoms with van der Waals surface area (Å²) in [7, 11) is -0.417. The van der Waals surface area contributed by atoms with Crippen LogP contribution in [-0.4, -0.2) is 92.3 Å². The van der Waals surface area contributed by atoms with E-state index in [4.69, 9.17) is 0 Å². The van der Waals surface area contributed by atoms with Crippen molar-refractivity contribution in [2.24, 2.45) is 0 Å². The summed E-state index contributed by atoms with van der Waals surface area (Å²) in [5.41, 5.74) is 2.96. The summed E-state index contributed by atoms with van der Waals surface area (Å²) in [5.74, 6) is 0. The smallest absolute Gasteiger partial charge is 0.321 e. The number of amides is 2. The van der Waals surface area contributed by atoms with Gasteiger partial charge in [0.1, 0.15) is 0 Å². The minimum atomic E-state index is -3.55. The molecule has 30 heavy (non-hydrogen) atoms. The van der Waals surface area contributed by atoms with E-state index in [0.29, 0.717) is 26.1 Å². The average molecular weight is 438 g/mol. The van der Waals surface area contributed by atoms with Crippen LogP contribution < -0.4 is 5.32 Å². The molecule has 9 heteroatoms. The first kappa shape index (κ1) is 23.0. The minimum absolute atomic E-state index is 0.175. The molecule has 2 amide bonds. The van der Waals surface area contributed by atoms with Gasteiger partial charge in [0.05, 0.1) is 0 Å². The van der Waals surface area contributed by atoms with Gasteiger partial charge in [0.15, 0.2) is 0 Å². The van der Waals surface area contributed by atoms with Crippen molar-refractivity contribution in [1.29, 1.82) is 0 Å². The molecule has 0 radical (unpaired) electrons. The number of nitrogens with one attached hydrogen (secondary N) is 1. The van der Waals surface area contributed by atoms with Crippen LogP contribution in [-0.2, 0) is 10.2 Å². The Bertz CT molecular complexity index is 852. The van der Waals surface area contributed by atoms with Gasteiger partial charge in [-0.3, -0.25) is 0 Å². The van der Waals surface area contributed by atoms with E-state index < -0.39 is 10.2 Å². The van der Waals surface area contributed by atoms with Crippen LogP contribution >= 0.6 is 0 Å². The van der Waals surface area contributed by atoms with Crippen LogP contribution in [0.1, 0.15) is 30.4 Å². The quantitative estimate of drug-likeness (QED) is 0.709. The molecule has 2 fully saturated rings. The predicted molar refractivity (Wildman–Crippen MR) is 120 cm³/mol. The summed E-state index contributed by atoms with van der Waals surface area (Å²) >= 11 is 0. The third-order valence-corrected chi connectivity index (χ3v) is 8.07. The van der Waals surface area contributed by atoms with Gasteiger partial charge in [0.2, 0.25) is 0 Å². The van der Waals surface area contributed by atoms with E-state index in [1.54, 1.807) is 23.3 Å². The van der Waals surface area contributed by atoms with Crippen molar-refractivity contribution in [3.63, 3.8) is 0 Å². The van der Waals surface area contributed by atoms with Crippen molar-refractivity contribution in [1.82, 2.24) is 18.4 Å². The molecule has 2 aliphatic heterocycles. The maximum atomic E-state index is 13.0. The average Bonchev–Trinajstić information content (AvgIpc) is 3.36. The third-order valence-electron chi connectivity index (χ3n) is 6.07. The zero-order chi connectivity index (χ0) is 21.9. The number of benzene rings is 1. The van der Waals surface area contributed by atoms with Gasteiger partial charge in [-0.15, -0.1) is 0 Å². The Kier molecular flexibility index (Phi) is 7.38. The molecule has 0 unspecified atom stereocenters. The summed E-state index contributed by atoms with van der Waals surface area (Å²) in [6, 6.07) is 5.54. The van der Waals surface area contributed by atoms with Crippen LogP contribution in [0.25, 0.3) is 0 Å². The Balaban J connectivity index is 1.66. The molecule has 2 saturated heterocycles. The van der Waals surface area contributed by atoms with Gasteiger partial charge in [0, 0.05) is 52.0 Å². The van der Waals surface area contributed by atoms with Gasteiger partial charge in [0.25, 0.3) is 10.2 Å². The fourth-order valence-electron chi connectivity index (χ4n) is 4.25. The molecule has 0 aromatic heterocycles. The lowest BCUT2D eigenvalue weighted by Gasteiger charge is -2.32. The van der Waals surface area contributed by atoms with Crippen molar-refractivity contribution < 1.29 is 13.2 Å². The van der Waals surface area contributed by atoms with E-state index in [-0.39, 0.29) is 12.1 Å². The van der Waals surface area contributed by atoms with E-state index in [1.165, 1.54) is 17.1 Å². The zero-order valence-corrected chi connectivity index (χ0v) is 19.4. The van der Waals surface area contributed by atoms with Crippen LogP contribution in [0.2, 0.25) is 0 Å². The topological polar surface area (TPSA) is 76.2 Å². The molecular weight excluding hydrogens is 402 g/mol. The molecule has 0 spiro atoms. The Morgan fingerprint density at radius 2 is 1.87 bits per heavy atom. The normalized spacial score (nSPS) is 20.5. The summed E-state index contributed by atoms with van der Waals surface area (Å²) in [6.07, 6.45) is 3.00. The lowest BCUT2D eigenvalue weighted by atomic mass is 10.1. The number of urea groups is 1. The highest BCUT2D eigenvalue weighted by molar-refractivity contribution is 7.86. The van der Waals surface area contributed by atoms with Crippen LogP contribution in [0.4, 0.5) is 10.5 Å². The number of rotatable bonds is 7. The first-order chi connectivity index (χ1) is 14.2. The number of hydrogen-bond donors (Lipinski definition) is 1. The molecule has 8 nitrogen and oxygen atoms in total. The highest BCUT2D eigenvalue weighted by atomic mass is 32.2. The Labute approximate surface area is 181 Å². The van der Waals surface area contributed by atoms with Crippen molar-refractivity contribution in [2.75, 3.05) is 58.7 Å². The van der Waals surface area contributed by atoms with Gasteiger partial charge < -0.3 is 15.1 Å². The molecular formula is C21H35N5O3S. The van der Waals surface area contributed by atoms with Gasteiger partial charge in [-0.05, 0) is 57.8 Å². The summed E-state index contributed by atoms with van der Waals surface area (Å²) in [5, 5.41) is 2.98. The number of anilines is 1. The van der Waals surface area contributed by atoms with Crippen LogP contribution in [0, 0.1) is 13.8 Å². The molecule has 1 aromatic carbocycles. The second-order valence-corrected chi connectivity index (χ2v) is 10.7. The molecule has 1 N–H and O–H groups in total. The second-order valence-electron chi connectivity index (χ2n) is 8.59. The highest BCUT2D eigenvalue weighted by Crippen LogP contribution is 2.23. The van der Waals surface area contributed by atoms with Crippen molar-refractivity contribution in [2.45, 2.75) is 39.2 Å². The van der Waals surface area contributed by atoms with E-state index >= 15 is 0 Å². The second kappa shape index (κ2) is 9.64. The zero-order valence-electron chi connectivity index (χ0n) is 18.6. The monoisotopic (exact) mass is 437 g/mol. The number of hydrogen-bond acceptors (Lipinski definition) is 4. The van der Waals surface area contributed by atoms with E-state index in [0.717, 1.165) is 36.4 Å². The molecule has 168 valence electrons. The van der Waals surface area contributed by atoms with E-state index in [2.05, 4.69) is 10.2 Å². The van der Waals surface area contributed by atoms with Crippen molar-refractivity contribution in [3.05, 3.63) is 29.3 Å². The van der Waals surface area contributed by atoms with Crippen molar-refractivity contribution >= 4 is 21.9 Å². The maximum absolute atomic E-state index is 13.0. The van der Waals surface area contributed by atoms with Gasteiger partial charge in [-0.25, -0.2) is 4.79 Å². The molecule has 2 aliphatic rings. The Hall–Kier alpha value is -1.68. The minimum Gasteiger partial charge on any atom is -0.323 e. The van der Waals surface area contributed by atoms with Crippen LogP contribution in [0.3, 0.4) is 0 Å². The molecule has 3 rings (SSSR count). The molecule has 1 aromatic rings. The lowest BCUT2D eigenvalue weighted by molar-refractivity contribution is 0.214. The molecule has 2 heterocycles. The van der Waals surface area contributed by atoms with Gasteiger partial charge in [-0.1, -0.05) is 17.7 Å². The van der Waals surface area contributed by atoms with E-state index in [9.17, 15) is 13.2 Å². The number of aryl methyl sites for hydroxylation is 2. The third kappa shape index (κ3) is 5.32. The van der Waals surface area contributed by atoms with Gasteiger partial charge in [-0.2, -0.15) is 17.0 Å². The van der Waals surface area contributed by atoms with Crippen LogP contribution in [0.5, 0.6) is 0 Å². The fraction of sp³-hybridized carbons (Fsp3) is 0.667. The maximum Gasteiger partial charge on any atom is 0.321 e. The van der Waals surface area contributed by atoms with Gasteiger partial charge >= 0.3 is 6.03 Å². The lowest BCUT2D eigenvalue weighted by Crippen LogP contribution is -2.50. The number of carbonyl (C=O) groups is 1. The number of likely N-dealkylation sites (tertiary alicyclic amines) is 2. The molecule has 0 bridgehead atoms. The molecule has 0 saturated carbocycles. The highest BCUT2D eigenvalue weighted by Gasteiger charge is 2.37. The van der Waals surface area contributed by atoms with Crippen molar-refractivity contribution in [3.8, 4) is 0 Å². The number of nitrogens with zero attached hydrogens (tertiary/aromatic N) is 4. The Morgan fingerprint density at radius 3 is 2.50 bits per heavy atom. The van der Waals surface area contributed by atoms with Crippen LogP contribution in [0.15, 0.2) is 18.2 Å². The predicted octanol–water partition coefficient (Wildman–Crippen LogP) is 2.11. The fourth-order valence-corrected chi connectivity index (χ4v) is 5.53. The van der Waals surface area contributed by atoms with E-state index in [1.807, 2.05) is 32.0 Å². The Morgan fingerprint density at radius 1 is 1.17 bits per heavy atom. The summed E-state index contributed by atoms with van der Waals surface area (Å²) in [6.45, 7) is 8.20. The molecule has 1 atom stereocenters.